The van der Waals surface area contributed by atoms with Crippen LogP contribution in [0.2, 0.25) is 0 Å². The Hall–Kier alpha value is -1.43. The smallest absolute Gasteiger partial charge is 0.331 e. The zero-order valence-corrected chi connectivity index (χ0v) is 13.0. The summed E-state index contributed by atoms with van der Waals surface area (Å²) in [5.74, 6) is -0.936. The maximum Gasteiger partial charge on any atom is 0.331 e. The Morgan fingerprint density at radius 2 is 1.95 bits per heavy atom. The largest absolute Gasteiger partial charge is 0.480 e. The summed E-state index contributed by atoms with van der Waals surface area (Å²) in [6.07, 6.45) is 0.739. The molecule has 5 nitrogen and oxygen atoms in total. The Balaban J connectivity index is 2.89. The summed E-state index contributed by atoms with van der Waals surface area (Å²) < 4.78 is 10.6. The number of benzene rings is 1. The van der Waals surface area contributed by atoms with Crippen molar-refractivity contribution in [2.75, 3.05) is 26.9 Å². The first-order valence-electron chi connectivity index (χ1n) is 7.16. The number of carbonyl (C=O) groups is 1. The second-order valence-electron chi connectivity index (χ2n) is 5.27. The molecular formula is C16H25NO4. The fourth-order valence-electron chi connectivity index (χ4n) is 2.20. The Labute approximate surface area is 126 Å². The number of carboxylic acid groups (broad SMARTS) is 1. The Bertz CT molecular complexity index is 422. The first-order valence-corrected chi connectivity index (χ1v) is 7.16. The number of aliphatic carboxylic acids is 1. The molecule has 2 N–H and O–H groups in total. The maximum absolute atomic E-state index is 11.9. The average Bonchev–Trinajstić information content (AvgIpc) is 2.46. The summed E-state index contributed by atoms with van der Waals surface area (Å²) in [6, 6.07) is 9.17. The number of hydrogen-bond acceptors (Lipinski definition) is 4. The van der Waals surface area contributed by atoms with E-state index >= 15 is 0 Å². The van der Waals surface area contributed by atoms with Crippen LogP contribution in [0.1, 0.15) is 25.8 Å². The molecular weight excluding hydrogens is 270 g/mol. The van der Waals surface area contributed by atoms with E-state index in [1.54, 1.807) is 7.11 Å². The third-order valence-corrected chi connectivity index (χ3v) is 3.12. The molecule has 1 aromatic rings. The molecule has 1 aromatic carbocycles. The van der Waals surface area contributed by atoms with Crippen molar-refractivity contribution in [1.82, 2.24) is 5.32 Å². The molecule has 0 saturated carbocycles. The Kier molecular flexibility index (Phi) is 7.36. The van der Waals surface area contributed by atoms with Crippen molar-refractivity contribution >= 4 is 5.97 Å². The molecule has 0 amide bonds. The van der Waals surface area contributed by atoms with Crippen LogP contribution >= 0.6 is 0 Å². The third kappa shape index (κ3) is 5.12. The van der Waals surface area contributed by atoms with Gasteiger partial charge in [-0.3, -0.25) is 5.32 Å². The van der Waals surface area contributed by atoms with Gasteiger partial charge >= 0.3 is 5.97 Å². The fraction of sp³-hybridized carbons (Fsp3) is 0.562. The van der Waals surface area contributed by atoms with E-state index in [1.807, 2.05) is 44.2 Å². The molecule has 0 bridgehead atoms. The van der Waals surface area contributed by atoms with Gasteiger partial charge in [0.2, 0.25) is 0 Å². The van der Waals surface area contributed by atoms with E-state index in [2.05, 4.69) is 5.32 Å². The number of hydrogen-bond donors (Lipinski definition) is 2. The predicted octanol–water partition coefficient (Wildman–Crippen LogP) is 2.02. The summed E-state index contributed by atoms with van der Waals surface area (Å²) in [7, 11) is 1.63. The van der Waals surface area contributed by atoms with Gasteiger partial charge in [-0.1, -0.05) is 30.3 Å². The van der Waals surface area contributed by atoms with Gasteiger partial charge in [0, 0.05) is 26.4 Å². The molecule has 1 unspecified atom stereocenters. The predicted molar refractivity (Wildman–Crippen MR) is 81.3 cm³/mol. The third-order valence-electron chi connectivity index (χ3n) is 3.12. The highest BCUT2D eigenvalue weighted by atomic mass is 16.5. The van der Waals surface area contributed by atoms with Gasteiger partial charge in [-0.15, -0.1) is 0 Å². The van der Waals surface area contributed by atoms with E-state index in [0.29, 0.717) is 18.8 Å². The van der Waals surface area contributed by atoms with Gasteiger partial charge in [0.25, 0.3) is 0 Å². The number of nitrogens with one attached hydrogen (secondary N) is 1. The minimum atomic E-state index is -1.23. The molecule has 0 aliphatic rings. The zero-order chi connectivity index (χ0) is 15.7. The monoisotopic (exact) mass is 295 g/mol. The van der Waals surface area contributed by atoms with Crippen LogP contribution in [-0.4, -0.2) is 44.0 Å². The van der Waals surface area contributed by atoms with E-state index in [4.69, 9.17) is 9.47 Å². The van der Waals surface area contributed by atoms with Crippen LogP contribution in [0.25, 0.3) is 0 Å². The summed E-state index contributed by atoms with van der Waals surface area (Å²) in [5.41, 5.74) is -0.541. The lowest BCUT2D eigenvalue weighted by Crippen LogP contribution is -2.55. The van der Waals surface area contributed by atoms with E-state index in [9.17, 15) is 9.90 Å². The zero-order valence-electron chi connectivity index (χ0n) is 13.0. The molecule has 1 atom stereocenters. The van der Waals surface area contributed by atoms with Crippen LogP contribution in [0.4, 0.5) is 0 Å². The summed E-state index contributed by atoms with van der Waals surface area (Å²) in [4.78, 5) is 11.9. The van der Waals surface area contributed by atoms with E-state index in [1.165, 1.54) is 0 Å². The number of carboxylic acids is 1. The molecule has 0 aliphatic heterocycles. The van der Waals surface area contributed by atoms with Crippen LogP contribution in [0.3, 0.4) is 0 Å². The van der Waals surface area contributed by atoms with Crippen LogP contribution in [0.5, 0.6) is 0 Å². The van der Waals surface area contributed by atoms with Crippen molar-refractivity contribution in [3.8, 4) is 0 Å². The average molecular weight is 295 g/mol. The van der Waals surface area contributed by atoms with Gasteiger partial charge in [-0.25, -0.2) is 4.79 Å². The lowest BCUT2D eigenvalue weighted by molar-refractivity contribution is -0.149. The van der Waals surface area contributed by atoms with E-state index < -0.39 is 11.5 Å². The maximum atomic E-state index is 11.9. The number of ether oxygens (including phenoxy) is 2. The molecule has 0 spiro atoms. The normalized spacial score (nSPS) is 14.1. The van der Waals surface area contributed by atoms with Gasteiger partial charge in [0.05, 0.1) is 6.61 Å². The lowest BCUT2D eigenvalue weighted by Gasteiger charge is -2.33. The molecule has 0 fully saturated rings. The number of rotatable bonds is 10. The van der Waals surface area contributed by atoms with Crippen molar-refractivity contribution in [3.05, 3.63) is 35.9 Å². The SMILES string of the molecule is COCCCOCC(NC(C)C)(C(=O)O)c1ccccc1. The van der Waals surface area contributed by atoms with Crippen molar-refractivity contribution in [2.45, 2.75) is 31.8 Å². The van der Waals surface area contributed by atoms with Crippen molar-refractivity contribution in [3.63, 3.8) is 0 Å². The number of methoxy groups -OCH3 is 1. The first-order chi connectivity index (χ1) is 10.0. The minimum absolute atomic E-state index is 0.0175. The summed E-state index contributed by atoms with van der Waals surface area (Å²) in [6.45, 7) is 4.99. The molecule has 1 rings (SSSR count). The summed E-state index contributed by atoms with van der Waals surface area (Å²) in [5, 5.41) is 12.9. The highest BCUT2D eigenvalue weighted by molar-refractivity contribution is 5.81. The van der Waals surface area contributed by atoms with E-state index in [0.717, 1.165) is 6.42 Å². The molecule has 5 heteroatoms. The summed E-state index contributed by atoms with van der Waals surface area (Å²) >= 11 is 0. The fourth-order valence-corrected chi connectivity index (χ4v) is 2.20. The Morgan fingerprint density at radius 1 is 1.29 bits per heavy atom. The standard InChI is InChI=1S/C16H25NO4/c1-13(2)17-16(15(18)19,12-21-11-7-10-20-3)14-8-5-4-6-9-14/h4-6,8-9,13,17H,7,10-12H2,1-3H3,(H,18,19). The molecule has 21 heavy (non-hydrogen) atoms. The second-order valence-corrected chi connectivity index (χ2v) is 5.27. The quantitative estimate of drug-likeness (QED) is 0.646. The van der Waals surface area contributed by atoms with Crippen molar-refractivity contribution < 1.29 is 19.4 Å². The molecule has 0 radical (unpaired) electrons. The molecule has 0 aliphatic carbocycles. The van der Waals surface area contributed by atoms with E-state index in [-0.39, 0.29) is 12.6 Å². The first kappa shape index (κ1) is 17.6. The molecule has 0 heterocycles. The molecule has 0 aromatic heterocycles. The molecule has 118 valence electrons. The van der Waals surface area contributed by atoms with Gasteiger partial charge in [-0.2, -0.15) is 0 Å². The minimum Gasteiger partial charge on any atom is -0.480 e. The lowest BCUT2D eigenvalue weighted by atomic mass is 9.90. The van der Waals surface area contributed by atoms with Crippen molar-refractivity contribution in [2.24, 2.45) is 0 Å². The molecule has 0 saturated heterocycles. The van der Waals surface area contributed by atoms with Gasteiger partial charge < -0.3 is 14.6 Å². The highest BCUT2D eigenvalue weighted by Gasteiger charge is 2.41. The van der Waals surface area contributed by atoms with Crippen LogP contribution < -0.4 is 5.32 Å². The van der Waals surface area contributed by atoms with Crippen LogP contribution in [0.15, 0.2) is 30.3 Å². The Morgan fingerprint density at radius 3 is 2.48 bits per heavy atom. The van der Waals surface area contributed by atoms with Crippen molar-refractivity contribution in [1.29, 1.82) is 0 Å². The van der Waals surface area contributed by atoms with Gasteiger partial charge in [0.1, 0.15) is 0 Å². The van der Waals surface area contributed by atoms with Gasteiger partial charge in [-0.05, 0) is 25.8 Å². The second kappa shape index (κ2) is 8.77. The highest BCUT2D eigenvalue weighted by Crippen LogP contribution is 2.23. The van der Waals surface area contributed by atoms with Crippen LogP contribution in [0, 0.1) is 0 Å². The van der Waals surface area contributed by atoms with Gasteiger partial charge in [0.15, 0.2) is 5.54 Å². The topological polar surface area (TPSA) is 67.8 Å². The van der Waals surface area contributed by atoms with Crippen LogP contribution in [-0.2, 0) is 19.8 Å².